The lowest BCUT2D eigenvalue weighted by atomic mass is 9.77. The molecule has 2 bridgehead atoms. The molecule has 1 aliphatic carbocycles. The van der Waals surface area contributed by atoms with Gasteiger partial charge in [-0.25, -0.2) is 0 Å². The van der Waals surface area contributed by atoms with Gasteiger partial charge in [0.05, 0.1) is 20.6 Å². The van der Waals surface area contributed by atoms with Gasteiger partial charge in [0.1, 0.15) is 0 Å². The molecule has 3 aliphatic heterocycles. The van der Waals surface area contributed by atoms with Crippen molar-refractivity contribution in [3.05, 3.63) is 33.7 Å². The summed E-state index contributed by atoms with van der Waals surface area (Å²) in [5, 5.41) is 5.24. The minimum atomic E-state index is 0.0787. The first-order valence-corrected chi connectivity index (χ1v) is 10.0. The predicted octanol–water partition coefficient (Wildman–Crippen LogP) is 4.22. The zero-order valence-corrected chi connectivity index (χ0v) is 15.3. The van der Waals surface area contributed by atoms with Gasteiger partial charge in [0, 0.05) is 5.54 Å². The number of halogens is 1. The second-order valence-electron chi connectivity index (χ2n) is 7.60. The van der Waals surface area contributed by atoms with Crippen LogP contribution in [0, 0.1) is 12.8 Å². The van der Waals surface area contributed by atoms with Crippen LogP contribution in [0.5, 0.6) is 0 Å². The fraction of sp³-hybridized carbons (Fsp3) is 0.526. The van der Waals surface area contributed by atoms with E-state index in [1.165, 1.54) is 50.1 Å². The van der Waals surface area contributed by atoms with Crippen LogP contribution in [0.25, 0.3) is 10.1 Å². The third-order valence-corrected chi connectivity index (χ3v) is 8.08. The molecule has 1 aromatic carbocycles. The number of hydrogen-bond acceptors (Lipinski definition) is 3. The van der Waals surface area contributed by atoms with E-state index in [2.05, 4.69) is 16.3 Å². The van der Waals surface area contributed by atoms with Gasteiger partial charge in [-0.05, 0) is 68.6 Å². The van der Waals surface area contributed by atoms with Crippen molar-refractivity contribution in [3.8, 4) is 0 Å². The minimum Gasteiger partial charge on any atom is -0.346 e. The molecule has 24 heavy (non-hydrogen) atoms. The van der Waals surface area contributed by atoms with Crippen LogP contribution >= 0.6 is 22.9 Å². The molecule has 4 heterocycles. The van der Waals surface area contributed by atoms with Crippen molar-refractivity contribution in [2.75, 3.05) is 13.1 Å². The number of hydrogen-bond donors (Lipinski definition) is 1. The van der Waals surface area contributed by atoms with Crippen molar-refractivity contribution >= 4 is 38.9 Å². The molecule has 0 radical (unpaired) electrons. The molecule has 1 spiro atoms. The lowest BCUT2D eigenvalue weighted by Gasteiger charge is -2.52. The van der Waals surface area contributed by atoms with Crippen molar-refractivity contribution in [1.82, 2.24) is 10.2 Å². The van der Waals surface area contributed by atoms with Crippen LogP contribution in [-0.2, 0) is 0 Å². The maximum atomic E-state index is 12.9. The summed E-state index contributed by atoms with van der Waals surface area (Å²) in [4.78, 5) is 16.3. The number of aryl methyl sites for hydroxylation is 1. The number of piperidine rings is 3. The topological polar surface area (TPSA) is 32.3 Å². The Balaban J connectivity index is 1.44. The smallest absolute Gasteiger partial charge is 0.261 e. The van der Waals surface area contributed by atoms with Crippen LogP contribution in [-0.4, -0.2) is 35.5 Å². The van der Waals surface area contributed by atoms with Crippen LogP contribution < -0.4 is 5.32 Å². The highest BCUT2D eigenvalue weighted by molar-refractivity contribution is 7.21. The Kier molecular flexibility index (Phi) is 3.29. The summed E-state index contributed by atoms with van der Waals surface area (Å²) in [6.07, 6.45) is 4.94. The van der Waals surface area contributed by atoms with Gasteiger partial charge in [-0.2, -0.15) is 0 Å². The van der Waals surface area contributed by atoms with Gasteiger partial charge in [-0.3, -0.25) is 9.69 Å². The largest absolute Gasteiger partial charge is 0.346 e. The molecule has 5 heteroatoms. The SMILES string of the molecule is Cc1ccc2cc(C(=O)N[C@H]3C4CCN(CC4)C34CC4)sc2c1Cl. The molecule has 0 unspecified atom stereocenters. The van der Waals surface area contributed by atoms with Crippen molar-refractivity contribution in [2.45, 2.75) is 44.2 Å². The number of rotatable bonds is 2. The Labute approximate surface area is 151 Å². The number of amides is 1. The zero-order valence-electron chi connectivity index (χ0n) is 13.8. The van der Waals surface area contributed by atoms with E-state index in [9.17, 15) is 4.79 Å². The number of thiophene rings is 1. The first-order chi connectivity index (χ1) is 11.6. The van der Waals surface area contributed by atoms with E-state index in [0.29, 0.717) is 12.0 Å². The van der Waals surface area contributed by atoms with E-state index in [1.54, 1.807) is 0 Å². The molecule has 1 aromatic heterocycles. The highest BCUT2D eigenvalue weighted by Gasteiger charge is 2.60. The number of nitrogens with zero attached hydrogens (tertiary/aromatic N) is 1. The van der Waals surface area contributed by atoms with Gasteiger partial charge < -0.3 is 5.32 Å². The number of carbonyl (C=O) groups excluding carboxylic acids is 1. The highest BCUT2D eigenvalue weighted by atomic mass is 35.5. The van der Waals surface area contributed by atoms with Crippen LogP contribution in [0.4, 0.5) is 0 Å². The number of benzene rings is 1. The second kappa shape index (κ2) is 5.20. The van der Waals surface area contributed by atoms with Crippen LogP contribution in [0.2, 0.25) is 5.02 Å². The van der Waals surface area contributed by atoms with Crippen molar-refractivity contribution in [2.24, 2.45) is 5.92 Å². The summed E-state index contributed by atoms with van der Waals surface area (Å²) in [5.41, 5.74) is 1.34. The third-order valence-electron chi connectivity index (χ3n) is 6.31. The highest BCUT2D eigenvalue weighted by Crippen LogP contribution is 2.53. The Hall–Kier alpha value is -1.10. The lowest BCUT2D eigenvalue weighted by Crippen LogP contribution is -2.65. The summed E-state index contributed by atoms with van der Waals surface area (Å²) in [6.45, 7) is 4.44. The summed E-state index contributed by atoms with van der Waals surface area (Å²) >= 11 is 7.93. The quantitative estimate of drug-likeness (QED) is 0.869. The van der Waals surface area contributed by atoms with Gasteiger partial charge >= 0.3 is 0 Å². The van der Waals surface area contributed by atoms with Crippen LogP contribution in [0.1, 0.15) is 40.9 Å². The van der Waals surface area contributed by atoms with E-state index >= 15 is 0 Å². The molecule has 1 N–H and O–H groups in total. The maximum Gasteiger partial charge on any atom is 0.261 e. The second-order valence-corrected chi connectivity index (χ2v) is 9.03. The fourth-order valence-electron chi connectivity index (χ4n) is 4.81. The summed E-state index contributed by atoms with van der Waals surface area (Å²) < 4.78 is 1.02. The van der Waals surface area contributed by atoms with Gasteiger partial charge in [0.15, 0.2) is 0 Å². The molecule has 1 amide bonds. The van der Waals surface area contributed by atoms with E-state index < -0.39 is 0 Å². The maximum absolute atomic E-state index is 12.9. The molecule has 4 aliphatic rings. The predicted molar refractivity (Wildman–Crippen MR) is 99.1 cm³/mol. The molecule has 4 fully saturated rings. The molecule has 2 aromatic rings. The Morgan fingerprint density at radius 1 is 1.33 bits per heavy atom. The van der Waals surface area contributed by atoms with Crippen molar-refractivity contribution in [3.63, 3.8) is 0 Å². The first-order valence-electron chi connectivity index (χ1n) is 8.83. The van der Waals surface area contributed by atoms with E-state index in [4.69, 9.17) is 11.6 Å². The van der Waals surface area contributed by atoms with Gasteiger partial charge in [-0.15, -0.1) is 11.3 Å². The molecular weight excluding hydrogens is 340 g/mol. The van der Waals surface area contributed by atoms with Crippen LogP contribution in [0.15, 0.2) is 18.2 Å². The first kappa shape index (κ1) is 15.2. The monoisotopic (exact) mass is 360 g/mol. The van der Waals surface area contributed by atoms with E-state index in [1.807, 2.05) is 19.1 Å². The zero-order chi connectivity index (χ0) is 16.5. The van der Waals surface area contributed by atoms with Crippen molar-refractivity contribution in [1.29, 1.82) is 0 Å². The molecule has 1 saturated carbocycles. The van der Waals surface area contributed by atoms with E-state index in [0.717, 1.165) is 25.5 Å². The molecule has 6 rings (SSSR count). The van der Waals surface area contributed by atoms with Crippen LogP contribution in [0.3, 0.4) is 0 Å². The van der Waals surface area contributed by atoms with Gasteiger partial charge in [0.25, 0.3) is 5.91 Å². The van der Waals surface area contributed by atoms with Gasteiger partial charge in [-0.1, -0.05) is 23.7 Å². The van der Waals surface area contributed by atoms with E-state index in [-0.39, 0.29) is 11.4 Å². The number of carbonyl (C=O) groups is 1. The lowest BCUT2D eigenvalue weighted by molar-refractivity contribution is -0.00138. The Morgan fingerprint density at radius 2 is 2.08 bits per heavy atom. The Bertz CT molecular complexity index is 833. The summed E-state index contributed by atoms with van der Waals surface area (Å²) in [6, 6.07) is 6.39. The fourth-order valence-corrected chi connectivity index (χ4v) is 6.15. The standard InChI is InChI=1S/C19H21ClN2OS/c1-11-2-3-13-10-14(24-16(13)15(11)20)18(23)21-17-12-4-8-22(9-5-12)19(17)6-7-19/h2-3,10,12,17H,4-9H2,1H3,(H,21,23)/t17-/m0/s1. The summed E-state index contributed by atoms with van der Waals surface area (Å²) in [7, 11) is 0. The average Bonchev–Trinajstić information content (AvgIpc) is 3.24. The van der Waals surface area contributed by atoms with Crippen molar-refractivity contribution < 1.29 is 4.79 Å². The molecular formula is C19H21ClN2OS. The molecule has 126 valence electrons. The Morgan fingerprint density at radius 3 is 2.79 bits per heavy atom. The number of fused-ring (bicyclic) bond motifs is 3. The number of nitrogens with one attached hydrogen (secondary N) is 1. The molecule has 1 atom stereocenters. The molecule has 3 saturated heterocycles. The normalized spacial score (nSPS) is 30.0. The summed E-state index contributed by atoms with van der Waals surface area (Å²) in [5.74, 6) is 0.733. The van der Waals surface area contributed by atoms with Gasteiger partial charge in [0.2, 0.25) is 0 Å². The third kappa shape index (κ3) is 2.09. The minimum absolute atomic E-state index is 0.0787. The average molecular weight is 361 g/mol. The molecule has 3 nitrogen and oxygen atoms in total.